The van der Waals surface area contributed by atoms with E-state index in [2.05, 4.69) is 10.1 Å². The first-order valence-electron chi connectivity index (χ1n) is 3.96. The molecule has 0 atom stereocenters. The van der Waals surface area contributed by atoms with Crippen LogP contribution in [0.25, 0.3) is 0 Å². The van der Waals surface area contributed by atoms with Gasteiger partial charge in [0.15, 0.2) is 0 Å². The van der Waals surface area contributed by atoms with Crippen molar-refractivity contribution in [3.63, 3.8) is 0 Å². The minimum Gasteiger partial charge on any atom is -0.399 e. The molecule has 1 aromatic rings. The third kappa shape index (κ3) is 1.07. The molecule has 0 aliphatic heterocycles. The lowest BCUT2D eigenvalue weighted by Crippen LogP contribution is -1.95. The third-order valence-electron chi connectivity index (χ3n) is 2.00. The molecule has 1 aromatic heterocycles. The van der Waals surface area contributed by atoms with E-state index in [-0.39, 0.29) is 0 Å². The van der Waals surface area contributed by atoms with Crippen LogP contribution in [0, 0.1) is 0 Å². The van der Waals surface area contributed by atoms with E-state index >= 15 is 0 Å². The molecule has 0 bridgehead atoms. The van der Waals surface area contributed by atoms with E-state index in [1.165, 1.54) is 0 Å². The van der Waals surface area contributed by atoms with Crippen LogP contribution in [0.5, 0.6) is 0 Å². The third-order valence-corrected chi connectivity index (χ3v) is 2.00. The summed E-state index contributed by atoms with van der Waals surface area (Å²) in [5, 5.41) is 3.94. The summed E-state index contributed by atoms with van der Waals surface area (Å²) in [6, 6.07) is 3.96. The van der Waals surface area contributed by atoms with Crippen molar-refractivity contribution in [1.29, 1.82) is 0 Å². The molecule has 0 radical (unpaired) electrons. The van der Waals surface area contributed by atoms with Gasteiger partial charge in [-0.2, -0.15) is 0 Å². The van der Waals surface area contributed by atoms with Gasteiger partial charge in [-0.3, -0.25) is 4.98 Å². The molecule has 0 unspecified atom stereocenters. The fraction of sp³-hybridized carbons (Fsp3) is 0.333. The highest BCUT2D eigenvalue weighted by Crippen LogP contribution is 2.19. The summed E-state index contributed by atoms with van der Waals surface area (Å²) in [5.74, 6) is 0. The van der Waals surface area contributed by atoms with Crippen molar-refractivity contribution in [3.8, 4) is 0 Å². The van der Waals surface area contributed by atoms with Crippen LogP contribution in [0.1, 0.15) is 17.7 Å². The van der Waals surface area contributed by atoms with Gasteiger partial charge in [-0.15, -0.1) is 0 Å². The van der Waals surface area contributed by atoms with Gasteiger partial charge in [0, 0.05) is 17.5 Å². The lowest BCUT2D eigenvalue weighted by atomic mass is 10.2. The average Bonchev–Trinajstić information content (AvgIpc) is 2.50. The van der Waals surface area contributed by atoms with E-state index in [0.717, 1.165) is 29.8 Å². The highest BCUT2D eigenvalue weighted by atomic mass is 16.6. The summed E-state index contributed by atoms with van der Waals surface area (Å²) in [6.45, 7) is 0. The lowest BCUT2D eigenvalue weighted by Gasteiger charge is -1.96. The van der Waals surface area contributed by atoms with Crippen molar-refractivity contribution in [2.45, 2.75) is 12.8 Å². The topological polar surface area (TPSA) is 34.5 Å². The monoisotopic (exact) mass is 162 g/mol. The van der Waals surface area contributed by atoms with E-state index in [0.29, 0.717) is 0 Å². The Labute approximate surface area is 71.1 Å². The summed E-state index contributed by atoms with van der Waals surface area (Å²) < 4.78 is 0. The average molecular weight is 162 g/mol. The van der Waals surface area contributed by atoms with Crippen molar-refractivity contribution < 1.29 is 4.84 Å². The molecule has 0 fully saturated rings. The molecule has 2 rings (SSSR count). The van der Waals surface area contributed by atoms with Crippen LogP contribution in [-0.2, 0) is 11.3 Å². The Morgan fingerprint density at radius 2 is 2.42 bits per heavy atom. The zero-order valence-electron chi connectivity index (χ0n) is 6.95. The van der Waals surface area contributed by atoms with Crippen LogP contribution in [-0.4, -0.2) is 17.8 Å². The maximum Gasteiger partial charge on any atom is 0.106 e. The van der Waals surface area contributed by atoms with Gasteiger partial charge >= 0.3 is 0 Å². The molecule has 0 amide bonds. The maximum absolute atomic E-state index is 4.74. The normalized spacial score (nSPS) is 17.9. The van der Waals surface area contributed by atoms with E-state index < -0.39 is 0 Å². The number of fused-ring (bicyclic) bond motifs is 1. The predicted octanol–water partition coefficient (Wildman–Crippen LogP) is 1.38. The molecule has 0 spiro atoms. The smallest absolute Gasteiger partial charge is 0.106 e. The van der Waals surface area contributed by atoms with Crippen molar-refractivity contribution in [2.24, 2.45) is 5.16 Å². The summed E-state index contributed by atoms with van der Waals surface area (Å²) in [7, 11) is 1.57. The second kappa shape index (κ2) is 2.93. The Kier molecular flexibility index (Phi) is 1.78. The molecule has 0 saturated carbocycles. The number of pyridine rings is 1. The molecular weight excluding hydrogens is 152 g/mol. The van der Waals surface area contributed by atoms with Crippen LogP contribution in [0.15, 0.2) is 23.5 Å². The van der Waals surface area contributed by atoms with Gasteiger partial charge in [-0.25, -0.2) is 0 Å². The molecule has 1 aliphatic rings. The summed E-state index contributed by atoms with van der Waals surface area (Å²) in [6.07, 6.45) is 3.74. The maximum atomic E-state index is 4.74. The first kappa shape index (κ1) is 7.28. The van der Waals surface area contributed by atoms with Gasteiger partial charge in [0.2, 0.25) is 0 Å². The Morgan fingerprint density at radius 1 is 1.50 bits per heavy atom. The molecule has 62 valence electrons. The molecule has 0 saturated heterocycles. The predicted molar refractivity (Wildman–Crippen MR) is 46.1 cm³/mol. The number of hydrogen-bond acceptors (Lipinski definition) is 3. The fourth-order valence-corrected chi connectivity index (χ4v) is 1.48. The number of aromatic nitrogens is 1. The van der Waals surface area contributed by atoms with Crippen LogP contribution >= 0.6 is 0 Å². The van der Waals surface area contributed by atoms with E-state index in [1.807, 2.05) is 18.3 Å². The minimum atomic E-state index is 0.945. The fourth-order valence-electron chi connectivity index (χ4n) is 1.48. The van der Waals surface area contributed by atoms with Gasteiger partial charge in [0.25, 0.3) is 0 Å². The van der Waals surface area contributed by atoms with Crippen molar-refractivity contribution in [2.75, 3.05) is 7.11 Å². The number of aryl methyl sites for hydroxylation is 1. The molecular formula is C9H10N2O. The Morgan fingerprint density at radius 3 is 3.25 bits per heavy atom. The zero-order valence-corrected chi connectivity index (χ0v) is 6.95. The van der Waals surface area contributed by atoms with Gasteiger partial charge in [0.1, 0.15) is 7.11 Å². The van der Waals surface area contributed by atoms with Gasteiger partial charge in [0.05, 0.1) is 5.71 Å². The van der Waals surface area contributed by atoms with Crippen molar-refractivity contribution in [3.05, 3.63) is 29.6 Å². The van der Waals surface area contributed by atoms with Crippen molar-refractivity contribution >= 4 is 5.71 Å². The number of rotatable bonds is 1. The Bertz CT molecular complexity index is 320. The quantitative estimate of drug-likeness (QED) is 0.584. The molecule has 0 aromatic carbocycles. The van der Waals surface area contributed by atoms with E-state index in [9.17, 15) is 0 Å². The number of nitrogens with zero attached hydrogens (tertiary/aromatic N) is 2. The second-order valence-corrected chi connectivity index (χ2v) is 2.72. The highest BCUT2D eigenvalue weighted by Gasteiger charge is 2.18. The largest absolute Gasteiger partial charge is 0.399 e. The summed E-state index contributed by atoms with van der Waals surface area (Å²) in [4.78, 5) is 9.00. The number of hydrogen-bond donors (Lipinski definition) is 0. The first-order valence-corrected chi connectivity index (χ1v) is 3.96. The summed E-state index contributed by atoms with van der Waals surface area (Å²) >= 11 is 0. The minimum absolute atomic E-state index is 0.945. The van der Waals surface area contributed by atoms with E-state index in [4.69, 9.17) is 4.84 Å². The van der Waals surface area contributed by atoms with E-state index in [1.54, 1.807) is 7.11 Å². The summed E-state index contributed by atoms with van der Waals surface area (Å²) in [5.41, 5.74) is 3.29. The standard InChI is InChI=1S/C9H10N2O/c1-12-11-9-5-4-8-7(9)3-2-6-10-8/h2-3,6H,4-5H2,1H3. The van der Waals surface area contributed by atoms with Crippen LogP contribution < -0.4 is 0 Å². The molecule has 1 heterocycles. The molecule has 1 aliphatic carbocycles. The molecule has 12 heavy (non-hydrogen) atoms. The van der Waals surface area contributed by atoms with Crippen LogP contribution in [0.2, 0.25) is 0 Å². The second-order valence-electron chi connectivity index (χ2n) is 2.72. The van der Waals surface area contributed by atoms with Gasteiger partial charge in [-0.05, 0) is 25.0 Å². The Balaban J connectivity index is 2.43. The van der Waals surface area contributed by atoms with Crippen LogP contribution in [0.3, 0.4) is 0 Å². The first-order chi connectivity index (χ1) is 5.92. The molecule has 3 heteroatoms. The van der Waals surface area contributed by atoms with Gasteiger partial charge < -0.3 is 4.84 Å². The molecule has 3 nitrogen and oxygen atoms in total. The van der Waals surface area contributed by atoms with Crippen LogP contribution in [0.4, 0.5) is 0 Å². The zero-order chi connectivity index (χ0) is 8.39. The van der Waals surface area contributed by atoms with Gasteiger partial charge in [-0.1, -0.05) is 5.16 Å². The number of oxime groups is 1. The SMILES string of the molecule is CON=C1CCc2ncccc21. The highest BCUT2D eigenvalue weighted by molar-refractivity contribution is 6.03. The Hall–Kier alpha value is -1.38. The van der Waals surface area contributed by atoms with Crippen molar-refractivity contribution in [1.82, 2.24) is 4.98 Å². The molecule has 0 N–H and O–H groups in total. The lowest BCUT2D eigenvalue weighted by molar-refractivity contribution is 0.213.